The van der Waals surface area contributed by atoms with Crippen LogP contribution in [0, 0.1) is 11.6 Å². The normalized spacial score (nSPS) is 11.1. The van der Waals surface area contributed by atoms with Crippen LogP contribution in [0.25, 0.3) is 21.5 Å². The smallest absolute Gasteiger partial charge is 0.336 e. The molecule has 0 unspecified atom stereocenters. The Hall–Kier alpha value is -2.49. The molecule has 2 nitrogen and oxygen atoms in total. The highest BCUT2D eigenvalue weighted by molar-refractivity contribution is 6.16. The first-order valence-corrected chi connectivity index (χ1v) is 5.62. The van der Waals surface area contributed by atoms with Crippen LogP contribution in [-0.2, 0) is 0 Å². The Morgan fingerprint density at radius 3 is 1.74 bits per heavy atom. The number of aromatic carboxylic acids is 1. The Labute approximate surface area is 106 Å². The number of carboxylic acids is 1. The maximum Gasteiger partial charge on any atom is 0.336 e. The number of carboxylic acid groups (broad SMARTS) is 1. The molecule has 0 saturated heterocycles. The van der Waals surface area contributed by atoms with Crippen molar-refractivity contribution in [3.05, 3.63) is 59.7 Å². The molecule has 4 heteroatoms. The first-order chi connectivity index (χ1) is 9.09. The monoisotopic (exact) mass is 258 g/mol. The molecule has 0 saturated carbocycles. The predicted molar refractivity (Wildman–Crippen MR) is 68.3 cm³/mol. The molecular weight excluding hydrogens is 250 g/mol. The zero-order valence-electron chi connectivity index (χ0n) is 9.65. The summed E-state index contributed by atoms with van der Waals surface area (Å²) in [5.74, 6) is -2.33. The minimum atomic E-state index is -1.20. The quantitative estimate of drug-likeness (QED) is 0.670. The van der Waals surface area contributed by atoms with Gasteiger partial charge >= 0.3 is 5.97 Å². The van der Waals surface area contributed by atoms with E-state index in [1.54, 1.807) is 0 Å². The minimum absolute atomic E-state index is 0.0773. The van der Waals surface area contributed by atoms with E-state index in [-0.39, 0.29) is 27.1 Å². The van der Waals surface area contributed by atoms with Gasteiger partial charge in [-0.2, -0.15) is 0 Å². The van der Waals surface area contributed by atoms with E-state index in [1.165, 1.54) is 42.5 Å². The molecule has 1 N–H and O–H groups in total. The lowest BCUT2D eigenvalue weighted by Gasteiger charge is -2.09. The van der Waals surface area contributed by atoms with Gasteiger partial charge in [0.15, 0.2) is 0 Å². The maximum atomic E-state index is 13.8. The zero-order chi connectivity index (χ0) is 13.6. The molecule has 3 aromatic carbocycles. The number of carbonyl (C=O) groups is 1. The van der Waals surface area contributed by atoms with E-state index in [2.05, 4.69) is 0 Å². The van der Waals surface area contributed by atoms with E-state index >= 15 is 0 Å². The molecule has 0 fully saturated rings. The molecule has 0 aliphatic carbocycles. The van der Waals surface area contributed by atoms with Crippen molar-refractivity contribution in [3.8, 4) is 0 Å². The molecule has 94 valence electrons. The molecule has 19 heavy (non-hydrogen) atoms. The van der Waals surface area contributed by atoms with Gasteiger partial charge in [-0.3, -0.25) is 0 Å². The number of hydrogen-bond donors (Lipinski definition) is 1. The number of rotatable bonds is 1. The second kappa shape index (κ2) is 4.02. The van der Waals surface area contributed by atoms with Gasteiger partial charge in [0, 0.05) is 10.8 Å². The summed E-state index contributed by atoms with van der Waals surface area (Å²) in [4.78, 5) is 11.4. The van der Waals surface area contributed by atoms with Gasteiger partial charge < -0.3 is 5.11 Å². The number of benzene rings is 3. The molecule has 3 aromatic rings. The minimum Gasteiger partial charge on any atom is -0.478 e. The fourth-order valence-electron chi connectivity index (χ4n) is 2.32. The van der Waals surface area contributed by atoms with Crippen molar-refractivity contribution in [3.63, 3.8) is 0 Å². The summed E-state index contributed by atoms with van der Waals surface area (Å²) in [5.41, 5.74) is -0.0773. The molecule has 0 heterocycles. The molecule has 0 aromatic heterocycles. The molecular formula is C15H8F2O2. The highest BCUT2D eigenvalue weighted by atomic mass is 19.1. The summed E-state index contributed by atoms with van der Waals surface area (Å²) >= 11 is 0. The largest absolute Gasteiger partial charge is 0.478 e. The van der Waals surface area contributed by atoms with Gasteiger partial charge in [0.05, 0.1) is 5.56 Å². The number of fused-ring (bicyclic) bond motifs is 2. The topological polar surface area (TPSA) is 37.3 Å². The lowest BCUT2D eigenvalue weighted by Crippen LogP contribution is -2.00. The summed E-state index contributed by atoms with van der Waals surface area (Å²) < 4.78 is 27.5. The maximum absolute atomic E-state index is 13.8. The average Bonchev–Trinajstić information content (AvgIpc) is 2.37. The van der Waals surface area contributed by atoms with Crippen LogP contribution in [0.3, 0.4) is 0 Å². The SMILES string of the molecule is O=C(O)c1c2cccc(F)c2cc2c(F)cccc12. The number of halogens is 2. The highest BCUT2D eigenvalue weighted by Crippen LogP contribution is 2.31. The molecule has 0 atom stereocenters. The Morgan fingerprint density at radius 1 is 0.842 bits per heavy atom. The zero-order valence-corrected chi connectivity index (χ0v) is 9.65. The first-order valence-electron chi connectivity index (χ1n) is 5.62. The van der Waals surface area contributed by atoms with E-state index in [9.17, 15) is 18.7 Å². The summed E-state index contributed by atoms with van der Waals surface area (Å²) in [6.07, 6.45) is 0. The lowest BCUT2D eigenvalue weighted by molar-refractivity contribution is 0.0701. The van der Waals surface area contributed by atoms with Gasteiger partial charge in [-0.25, -0.2) is 13.6 Å². The summed E-state index contributed by atoms with van der Waals surface area (Å²) in [7, 11) is 0. The molecule has 0 aliphatic heterocycles. The van der Waals surface area contributed by atoms with E-state index in [0.29, 0.717) is 0 Å². The summed E-state index contributed by atoms with van der Waals surface area (Å²) in [6.45, 7) is 0. The molecule has 0 bridgehead atoms. The summed E-state index contributed by atoms with van der Waals surface area (Å²) in [5, 5.41) is 10.1. The van der Waals surface area contributed by atoms with Crippen LogP contribution >= 0.6 is 0 Å². The van der Waals surface area contributed by atoms with E-state index in [1.807, 2.05) is 0 Å². The van der Waals surface area contributed by atoms with E-state index in [4.69, 9.17) is 0 Å². The Balaban J connectivity index is 2.66. The summed E-state index contributed by atoms with van der Waals surface area (Å²) in [6, 6.07) is 9.71. The van der Waals surface area contributed by atoms with Gasteiger partial charge in [-0.1, -0.05) is 24.3 Å². The van der Waals surface area contributed by atoms with Gasteiger partial charge in [-0.05, 0) is 29.0 Å². The fraction of sp³-hybridized carbons (Fsp3) is 0. The molecule has 0 amide bonds. The average molecular weight is 258 g/mol. The molecule has 0 aliphatic rings. The van der Waals surface area contributed by atoms with Crippen molar-refractivity contribution >= 4 is 27.5 Å². The lowest BCUT2D eigenvalue weighted by atomic mass is 9.96. The van der Waals surface area contributed by atoms with Crippen LogP contribution in [0.1, 0.15) is 10.4 Å². The standard InChI is InChI=1S/C15H8F2O2/c16-12-5-1-3-8-10(12)7-11-9(14(8)15(18)19)4-2-6-13(11)17/h1-7H,(H,18,19). The second-order valence-corrected chi connectivity index (χ2v) is 4.23. The Morgan fingerprint density at radius 2 is 1.32 bits per heavy atom. The van der Waals surface area contributed by atoms with Gasteiger partial charge in [0.1, 0.15) is 11.6 Å². The molecule has 3 rings (SSSR count). The van der Waals surface area contributed by atoms with Gasteiger partial charge in [0.25, 0.3) is 0 Å². The van der Waals surface area contributed by atoms with Crippen LogP contribution in [0.4, 0.5) is 8.78 Å². The van der Waals surface area contributed by atoms with Crippen molar-refractivity contribution in [2.24, 2.45) is 0 Å². The third-order valence-corrected chi connectivity index (χ3v) is 3.15. The molecule has 0 spiro atoms. The van der Waals surface area contributed by atoms with Gasteiger partial charge in [-0.15, -0.1) is 0 Å². The van der Waals surface area contributed by atoms with Crippen LogP contribution in [0.2, 0.25) is 0 Å². The fourth-order valence-corrected chi connectivity index (χ4v) is 2.32. The van der Waals surface area contributed by atoms with Crippen LogP contribution in [0.15, 0.2) is 42.5 Å². The Bertz CT molecular complexity index is 765. The van der Waals surface area contributed by atoms with Crippen LogP contribution in [0.5, 0.6) is 0 Å². The van der Waals surface area contributed by atoms with Crippen molar-refractivity contribution in [1.29, 1.82) is 0 Å². The van der Waals surface area contributed by atoms with E-state index in [0.717, 1.165) is 0 Å². The van der Waals surface area contributed by atoms with E-state index < -0.39 is 17.6 Å². The number of hydrogen-bond acceptors (Lipinski definition) is 1. The van der Waals surface area contributed by atoms with Crippen LogP contribution < -0.4 is 0 Å². The Kier molecular flexibility index (Phi) is 2.45. The second-order valence-electron chi connectivity index (χ2n) is 4.23. The first kappa shape index (κ1) is 11.6. The van der Waals surface area contributed by atoms with Crippen molar-refractivity contribution in [2.75, 3.05) is 0 Å². The third-order valence-electron chi connectivity index (χ3n) is 3.15. The third kappa shape index (κ3) is 1.64. The highest BCUT2D eigenvalue weighted by Gasteiger charge is 2.17. The van der Waals surface area contributed by atoms with Crippen molar-refractivity contribution in [1.82, 2.24) is 0 Å². The van der Waals surface area contributed by atoms with Gasteiger partial charge in [0.2, 0.25) is 0 Å². The predicted octanol–water partition coefficient (Wildman–Crippen LogP) is 3.97. The van der Waals surface area contributed by atoms with Crippen molar-refractivity contribution in [2.45, 2.75) is 0 Å². The molecule has 0 radical (unpaired) electrons. The van der Waals surface area contributed by atoms with Crippen molar-refractivity contribution < 1.29 is 18.7 Å². The van der Waals surface area contributed by atoms with Crippen LogP contribution in [-0.4, -0.2) is 11.1 Å².